The quantitative estimate of drug-likeness (QED) is 0.495. The highest BCUT2D eigenvalue weighted by Gasteiger charge is 2.32. The molecular weight excluding hydrogens is 437 g/mol. The summed E-state index contributed by atoms with van der Waals surface area (Å²) in [6, 6.07) is 5.05. The van der Waals surface area contributed by atoms with Gasteiger partial charge in [0.2, 0.25) is 0 Å². The lowest BCUT2D eigenvalue weighted by molar-refractivity contribution is -0.142. The summed E-state index contributed by atoms with van der Waals surface area (Å²) >= 11 is 0. The van der Waals surface area contributed by atoms with Gasteiger partial charge in [0.1, 0.15) is 5.60 Å². The predicted molar refractivity (Wildman–Crippen MR) is 117 cm³/mol. The fourth-order valence-corrected chi connectivity index (χ4v) is 3.13. The maximum Gasteiger partial charge on any atom is 0.416 e. The molecule has 0 bridgehead atoms. The number of ether oxygens (including phenoxy) is 2. The number of aromatic nitrogens is 1. The molecule has 0 saturated heterocycles. The summed E-state index contributed by atoms with van der Waals surface area (Å²) in [7, 11) is 0. The van der Waals surface area contributed by atoms with Crippen LogP contribution in [-0.4, -0.2) is 40.7 Å². The molecule has 0 unspecified atom stereocenters. The summed E-state index contributed by atoms with van der Waals surface area (Å²) in [5, 5.41) is 0. The van der Waals surface area contributed by atoms with Crippen LogP contribution in [0, 0.1) is 0 Å². The van der Waals surface area contributed by atoms with Crippen LogP contribution in [0.15, 0.2) is 36.7 Å². The van der Waals surface area contributed by atoms with Gasteiger partial charge in [0, 0.05) is 31.0 Å². The average Bonchev–Trinajstić information content (AvgIpc) is 2.70. The highest BCUT2D eigenvalue weighted by Crippen LogP contribution is 2.34. The van der Waals surface area contributed by atoms with Crippen molar-refractivity contribution in [3.05, 3.63) is 53.3 Å². The van der Waals surface area contributed by atoms with Crippen LogP contribution in [0.3, 0.4) is 0 Å². The maximum atomic E-state index is 13.4. The molecule has 33 heavy (non-hydrogen) atoms. The van der Waals surface area contributed by atoms with E-state index in [1.54, 1.807) is 40.7 Å². The highest BCUT2D eigenvalue weighted by molar-refractivity contribution is 5.75. The fraction of sp³-hybridized carbons (Fsp3) is 0.458. The molecule has 0 aliphatic rings. The van der Waals surface area contributed by atoms with Gasteiger partial charge in [-0.15, -0.1) is 0 Å². The fourth-order valence-electron chi connectivity index (χ4n) is 3.13. The van der Waals surface area contributed by atoms with E-state index in [0.717, 1.165) is 12.1 Å². The molecule has 9 heteroatoms. The van der Waals surface area contributed by atoms with Gasteiger partial charge in [-0.3, -0.25) is 9.78 Å². The summed E-state index contributed by atoms with van der Waals surface area (Å²) in [5.74, 6) is -0.425. The van der Waals surface area contributed by atoms with Crippen molar-refractivity contribution in [1.29, 1.82) is 0 Å². The zero-order valence-corrected chi connectivity index (χ0v) is 19.5. The summed E-state index contributed by atoms with van der Waals surface area (Å²) in [6.45, 7) is 8.97. The minimum absolute atomic E-state index is 0.0103. The topological polar surface area (TPSA) is 68.7 Å². The van der Waals surface area contributed by atoms with Crippen LogP contribution < -0.4 is 0 Å². The molecule has 180 valence electrons. The second kappa shape index (κ2) is 10.7. The molecule has 1 aromatic carbocycles. The van der Waals surface area contributed by atoms with Gasteiger partial charge in [0.15, 0.2) is 0 Å². The Morgan fingerprint density at radius 1 is 1.06 bits per heavy atom. The van der Waals surface area contributed by atoms with E-state index in [2.05, 4.69) is 4.98 Å². The molecule has 1 amide bonds. The van der Waals surface area contributed by atoms with E-state index in [9.17, 15) is 22.8 Å². The summed E-state index contributed by atoms with van der Waals surface area (Å²) < 4.78 is 50.6. The van der Waals surface area contributed by atoms with Gasteiger partial charge >= 0.3 is 18.2 Å². The van der Waals surface area contributed by atoms with E-state index in [-0.39, 0.29) is 31.7 Å². The third-order valence-electron chi connectivity index (χ3n) is 4.59. The van der Waals surface area contributed by atoms with E-state index in [0.29, 0.717) is 16.7 Å². The SMILES string of the molecule is CCOC(=O)Cc1cncc(-c2ccc(C(F)(F)F)cc2CN(CC)C(=O)OC(C)(C)C)c1. The number of nitrogens with zero attached hydrogens (tertiary/aromatic N) is 2. The molecule has 0 aliphatic carbocycles. The molecule has 0 fully saturated rings. The molecule has 1 aromatic heterocycles. The van der Waals surface area contributed by atoms with Crippen molar-refractivity contribution >= 4 is 12.1 Å². The van der Waals surface area contributed by atoms with Crippen molar-refractivity contribution in [3.8, 4) is 11.1 Å². The smallest absolute Gasteiger partial charge is 0.416 e. The van der Waals surface area contributed by atoms with Crippen molar-refractivity contribution in [2.45, 2.75) is 59.4 Å². The van der Waals surface area contributed by atoms with Gasteiger partial charge in [-0.25, -0.2) is 4.79 Å². The number of rotatable bonds is 7. The maximum absolute atomic E-state index is 13.4. The van der Waals surface area contributed by atoms with Crippen molar-refractivity contribution in [2.75, 3.05) is 13.2 Å². The molecule has 0 spiro atoms. The number of hydrogen-bond donors (Lipinski definition) is 0. The first kappa shape index (κ1) is 26.2. The van der Waals surface area contributed by atoms with Gasteiger partial charge in [-0.1, -0.05) is 6.07 Å². The largest absolute Gasteiger partial charge is 0.466 e. The number of pyridine rings is 1. The van der Waals surface area contributed by atoms with Gasteiger partial charge in [0.05, 0.1) is 18.6 Å². The van der Waals surface area contributed by atoms with Crippen LogP contribution in [0.2, 0.25) is 0 Å². The number of halogens is 3. The Balaban J connectivity index is 2.47. The van der Waals surface area contributed by atoms with Crippen LogP contribution in [0.5, 0.6) is 0 Å². The zero-order chi connectivity index (χ0) is 24.8. The standard InChI is InChI=1S/C24H29F3N2O4/c1-6-29(22(31)33-23(3,4)5)15-18-12-19(24(25,26)27)8-9-20(18)17-10-16(13-28-14-17)11-21(30)32-7-2/h8-10,12-14H,6-7,11,15H2,1-5H3. The summed E-state index contributed by atoms with van der Waals surface area (Å²) in [5.41, 5.74) is 0.289. The van der Waals surface area contributed by atoms with Crippen molar-refractivity contribution in [3.63, 3.8) is 0 Å². The monoisotopic (exact) mass is 466 g/mol. The van der Waals surface area contributed by atoms with E-state index in [1.807, 2.05) is 0 Å². The molecule has 2 aromatic rings. The van der Waals surface area contributed by atoms with E-state index in [4.69, 9.17) is 9.47 Å². The highest BCUT2D eigenvalue weighted by atomic mass is 19.4. The third kappa shape index (κ3) is 7.76. The van der Waals surface area contributed by atoms with Gasteiger partial charge in [0.25, 0.3) is 0 Å². The number of esters is 1. The molecule has 0 atom stereocenters. The molecule has 0 aliphatic heterocycles. The minimum Gasteiger partial charge on any atom is -0.466 e. The number of carbonyl (C=O) groups is 2. The Morgan fingerprint density at radius 3 is 2.33 bits per heavy atom. The number of carbonyl (C=O) groups excluding carboxylic acids is 2. The van der Waals surface area contributed by atoms with Crippen molar-refractivity contribution in [1.82, 2.24) is 9.88 Å². The lowest BCUT2D eigenvalue weighted by Gasteiger charge is -2.27. The molecule has 1 heterocycles. The van der Waals surface area contributed by atoms with Crippen molar-refractivity contribution < 1.29 is 32.2 Å². The molecular formula is C24H29F3N2O4. The summed E-state index contributed by atoms with van der Waals surface area (Å²) in [6.07, 6.45) is -2.17. The van der Waals surface area contributed by atoms with Gasteiger partial charge in [-0.05, 0) is 69.5 Å². The first-order valence-electron chi connectivity index (χ1n) is 10.6. The van der Waals surface area contributed by atoms with Crippen LogP contribution in [0.25, 0.3) is 11.1 Å². The molecule has 0 radical (unpaired) electrons. The first-order chi connectivity index (χ1) is 15.3. The molecule has 0 saturated carbocycles. The lowest BCUT2D eigenvalue weighted by atomic mass is 9.96. The number of amides is 1. The van der Waals surface area contributed by atoms with Crippen LogP contribution >= 0.6 is 0 Å². The van der Waals surface area contributed by atoms with Gasteiger partial charge in [-0.2, -0.15) is 13.2 Å². The minimum atomic E-state index is -4.54. The van der Waals surface area contributed by atoms with E-state index in [1.165, 1.54) is 23.4 Å². The average molecular weight is 467 g/mol. The third-order valence-corrected chi connectivity index (χ3v) is 4.59. The lowest BCUT2D eigenvalue weighted by Crippen LogP contribution is -2.36. The number of hydrogen-bond acceptors (Lipinski definition) is 5. The van der Waals surface area contributed by atoms with Gasteiger partial charge < -0.3 is 14.4 Å². The zero-order valence-electron chi connectivity index (χ0n) is 19.5. The van der Waals surface area contributed by atoms with Crippen LogP contribution in [-0.2, 0) is 33.4 Å². The van der Waals surface area contributed by atoms with Crippen molar-refractivity contribution in [2.24, 2.45) is 0 Å². The first-order valence-corrected chi connectivity index (χ1v) is 10.6. The van der Waals surface area contributed by atoms with E-state index >= 15 is 0 Å². The molecule has 0 N–H and O–H groups in total. The predicted octanol–water partition coefficient (Wildman–Crippen LogP) is 5.63. The Morgan fingerprint density at radius 2 is 1.76 bits per heavy atom. The second-order valence-corrected chi connectivity index (χ2v) is 8.43. The molecule has 2 rings (SSSR count). The second-order valence-electron chi connectivity index (χ2n) is 8.43. The number of benzene rings is 1. The Kier molecular flexibility index (Phi) is 8.46. The summed E-state index contributed by atoms with van der Waals surface area (Å²) in [4.78, 5) is 29.9. The normalized spacial score (nSPS) is 11.8. The van der Waals surface area contributed by atoms with E-state index < -0.39 is 29.4 Å². The van der Waals surface area contributed by atoms with Crippen LogP contribution in [0.4, 0.5) is 18.0 Å². The number of alkyl halides is 3. The Labute approximate surface area is 191 Å². The molecule has 6 nitrogen and oxygen atoms in total. The Bertz CT molecular complexity index is 984. The van der Waals surface area contributed by atoms with Crippen LogP contribution in [0.1, 0.15) is 51.3 Å². The Hall–Kier alpha value is -3.10.